The molecule has 0 heterocycles. The monoisotopic (exact) mass is 312 g/mol. The largest absolute Gasteiger partial charge is 1.00 e. The maximum absolute atomic E-state index is 3.74. The first kappa shape index (κ1) is 13.4. The topological polar surface area (TPSA) is 0 Å². The van der Waals surface area contributed by atoms with Gasteiger partial charge in [0.2, 0.25) is 0 Å². The molecule has 0 unspecified atom stereocenters. The fraction of sp³-hybridized carbons (Fsp3) is 0. The predicted molar refractivity (Wildman–Crippen MR) is 39.6 cm³/mol. The minimum absolute atomic E-state index is 0. The zero-order valence-electron chi connectivity index (χ0n) is 5.48. The van der Waals surface area contributed by atoms with E-state index in [2.05, 4.69) is 22.5 Å². The average molecular weight is 315 g/mol. The van der Waals surface area contributed by atoms with Gasteiger partial charge in [-0.05, 0) is 5.57 Å². The van der Waals surface area contributed by atoms with E-state index in [1.165, 1.54) is 0 Å². The molecule has 1 rings (SSSR count). The van der Waals surface area contributed by atoms with E-state index in [-0.39, 0.29) is 36.5 Å². The van der Waals surface area contributed by atoms with Gasteiger partial charge in [0.1, 0.15) is 0 Å². The van der Waals surface area contributed by atoms with Gasteiger partial charge in [0.15, 0.2) is 0 Å². The van der Waals surface area contributed by atoms with Gasteiger partial charge in [-0.25, -0.2) is 0 Å². The molecule has 0 saturated heterocycles. The summed E-state index contributed by atoms with van der Waals surface area (Å²) in [4.78, 5) is 1.10. The second-order valence-corrected chi connectivity index (χ2v) is 2.54. The van der Waals surface area contributed by atoms with E-state index in [1.807, 2.05) is 24.3 Å². The second kappa shape index (κ2) is 6.51. The summed E-state index contributed by atoms with van der Waals surface area (Å²) in [6, 6.07) is 0. The van der Waals surface area contributed by atoms with E-state index < -0.39 is 0 Å². The van der Waals surface area contributed by atoms with Gasteiger partial charge in [0, 0.05) is 19.5 Å². The van der Waals surface area contributed by atoms with E-state index >= 15 is 0 Å². The van der Waals surface area contributed by atoms with Gasteiger partial charge in [-0.15, -0.1) is 0 Å². The van der Waals surface area contributed by atoms with Crippen LogP contribution in [0.25, 0.3) is 0 Å². The van der Waals surface area contributed by atoms with Gasteiger partial charge < -0.3 is 17.0 Å². The van der Waals surface area contributed by atoms with Crippen molar-refractivity contribution in [2.75, 3.05) is 0 Å². The molecule has 0 N–H and O–H groups in total. The SMILES string of the molecule is C=C1C=C[C](Br)C=C1.[Br-].[Zn]. The molecule has 51 valence electrons. The third-order valence-corrected chi connectivity index (χ3v) is 1.44. The summed E-state index contributed by atoms with van der Waals surface area (Å²) in [5.74, 6) is 0. The maximum Gasteiger partial charge on any atom is 0.0846 e. The van der Waals surface area contributed by atoms with Crippen LogP contribution in [-0.2, 0) is 19.5 Å². The van der Waals surface area contributed by atoms with Crippen molar-refractivity contribution < 1.29 is 36.5 Å². The first-order chi connectivity index (χ1) is 3.79. The number of allylic oxidation sites excluding steroid dienone is 5. The second-order valence-electron chi connectivity index (χ2n) is 1.63. The van der Waals surface area contributed by atoms with Gasteiger partial charge in [-0.2, -0.15) is 0 Å². The fourth-order valence-electron chi connectivity index (χ4n) is 0.484. The molecule has 3 heteroatoms. The third-order valence-electron chi connectivity index (χ3n) is 0.913. The summed E-state index contributed by atoms with van der Waals surface area (Å²) in [6.07, 6.45) is 7.87. The van der Waals surface area contributed by atoms with Crippen LogP contribution < -0.4 is 17.0 Å². The first-order valence-electron chi connectivity index (χ1n) is 2.36. The molecule has 0 aromatic rings. The minimum Gasteiger partial charge on any atom is -1.00 e. The molecule has 0 spiro atoms. The van der Waals surface area contributed by atoms with Crippen LogP contribution in [0.5, 0.6) is 0 Å². The van der Waals surface area contributed by atoms with Crippen LogP contribution in [0, 0.1) is 4.83 Å². The van der Waals surface area contributed by atoms with Gasteiger partial charge in [0.05, 0.1) is 4.83 Å². The number of rotatable bonds is 0. The Hall–Kier alpha value is 0.803. The van der Waals surface area contributed by atoms with E-state index in [0.29, 0.717) is 0 Å². The van der Waals surface area contributed by atoms with Crippen molar-refractivity contribution in [3.05, 3.63) is 41.3 Å². The van der Waals surface area contributed by atoms with Crippen molar-refractivity contribution in [3.8, 4) is 0 Å². The van der Waals surface area contributed by atoms with E-state index in [9.17, 15) is 0 Å². The Morgan fingerprint density at radius 2 is 1.50 bits per heavy atom. The summed E-state index contributed by atoms with van der Waals surface area (Å²) >= 11 is 3.32. The summed E-state index contributed by atoms with van der Waals surface area (Å²) < 4.78 is 0. The van der Waals surface area contributed by atoms with Crippen LogP contribution in [0.15, 0.2) is 36.5 Å². The molecular formula is C7H6Br2Zn-. The fourth-order valence-corrected chi connectivity index (χ4v) is 0.749. The van der Waals surface area contributed by atoms with Crippen molar-refractivity contribution in [1.29, 1.82) is 0 Å². The molecule has 1 radical (unpaired) electrons. The molecule has 0 aliphatic heterocycles. The molecule has 1 aliphatic carbocycles. The van der Waals surface area contributed by atoms with Crippen molar-refractivity contribution in [3.63, 3.8) is 0 Å². The van der Waals surface area contributed by atoms with E-state index in [1.54, 1.807) is 0 Å². The Morgan fingerprint density at radius 3 is 1.80 bits per heavy atom. The summed E-state index contributed by atoms with van der Waals surface area (Å²) in [5, 5.41) is 0. The number of hydrogen-bond acceptors (Lipinski definition) is 0. The van der Waals surface area contributed by atoms with Crippen molar-refractivity contribution in [2.45, 2.75) is 0 Å². The molecule has 0 aromatic heterocycles. The maximum atomic E-state index is 3.74. The van der Waals surface area contributed by atoms with E-state index in [0.717, 1.165) is 10.4 Å². The zero-order chi connectivity index (χ0) is 5.98. The smallest absolute Gasteiger partial charge is 0.0846 e. The Morgan fingerprint density at radius 1 is 1.10 bits per heavy atom. The quantitative estimate of drug-likeness (QED) is 0.534. The summed E-state index contributed by atoms with van der Waals surface area (Å²) in [6.45, 7) is 3.74. The van der Waals surface area contributed by atoms with Gasteiger partial charge in [-0.3, -0.25) is 0 Å². The Labute approximate surface area is 93.1 Å². The zero-order valence-corrected chi connectivity index (χ0v) is 11.6. The van der Waals surface area contributed by atoms with Crippen molar-refractivity contribution >= 4 is 15.9 Å². The molecule has 1 aliphatic rings. The standard InChI is InChI=1S/C7H6Br.BrH.Zn/c1-6-2-4-7(8)5-3-6;;/h2-5H,1H2;1H;/p-1. The molecule has 0 nitrogen and oxygen atoms in total. The Bertz CT molecular complexity index is 145. The van der Waals surface area contributed by atoms with E-state index in [4.69, 9.17) is 0 Å². The first-order valence-corrected chi connectivity index (χ1v) is 3.16. The van der Waals surface area contributed by atoms with Crippen LogP contribution in [0.1, 0.15) is 0 Å². The molecule has 0 bridgehead atoms. The Balaban J connectivity index is 0. The molecule has 0 atom stereocenters. The van der Waals surface area contributed by atoms with Gasteiger partial charge in [0.25, 0.3) is 0 Å². The molecule has 10 heavy (non-hydrogen) atoms. The molecule has 0 amide bonds. The normalized spacial score (nSPS) is 15.9. The summed E-state index contributed by atoms with van der Waals surface area (Å²) in [7, 11) is 0. The van der Waals surface area contributed by atoms with Crippen LogP contribution in [0.4, 0.5) is 0 Å². The van der Waals surface area contributed by atoms with Crippen molar-refractivity contribution in [1.82, 2.24) is 0 Å². The van der Waals surface area contributed by atoms with Crippen LogP contribution >= 0.6 is 15.9 Å². The number of halogens is 2. The third kappa shape index (κ3) is 4.59. The molecule has 0 fully saturated rings. The average Bonchev–Trinajstić information content (AvgIpc) is 1.77. The van der Waals surface area contributed by atoms with Crippen molar-refractivity contribution in [2.24, 2.45) is 0 Å². The van der Waals surface area contributed by atoms with Crippen LogP contribution in [-0.4, -0.2) is 0 Å². The van der Waals surface area contributed by atoms with Gasteiger partial charge >= 0.3 is 0 Å². The predicted octanol–water partition coefficient (Wildman–Crippen LogP) is -0.403. The summed E-state index contributed by atoms with van der Waals surface area (Å²) in [5.41, 5.74) is 1.05. The molecule has 0 aromatic carbocycles. The molecular weight excluding hydrogens is 309 g/mol. The molecule has 0 saturated carbocycles. The Kier molecular flexibility index (Phi) is 8.72. The van der Waals surface area contributed by atoms with Crippen LogP contribution in [0.3, 0.4) is 0 Å². The number of hydrogen-bond donors (Lipinski definition) is 0. The van der Waals surface area contributed by atoms with Gasteiger partial charge in [-0.1, -0.05) is 46.8 Å². The van der Waals surface area contributed by atoms with Crippen LogP contribution in [0.2, 0.25) is 0 Å². The minimum atomic E-state index is 0.